The highest BCUT2D eigenvalue weighted by atomic mass is 16.2. The minimum atomic E-state index is -0.330. The first-order valence-corrected chi connectivity index (χ1v) is 4.62. The molecule has 3 nitrogen and oxygen atoms in total. The highest BCUT2D eigenvalue weighted by Gasteiger charge is 2.25. The van der Waals surface area contributed by atoms with Crippen molar-refractivity contribution < 1.29 is 4.79 Å². The predicted octanol–water partition coefficient (Wildman–Crippen LogP) is 1.84. The molecule has 0 heterocycles. The maximum atomic E-state index is 11.6. The first kappa shape index (κ1) is 12.0. The van der Waals surface area contributed by atoms with Gasteiger partial charge in [0.05, 0.1) is 12.5 Å². The minimum Gasteiger partial charge on any atom is -0.352 e. The molecule has 0 radical (unpaired) electrons. The van der Waals surface area contributed by atoms with Gasteiger partial charge in [-0.15, -0.1) is 0 Å². The van der Waals surface area contributed by atoms with Crippen molar-refractivity contribution in [3.05, 3.63) is 0 Å². The van der Waals surface area contributed by atoms with Crippen molar-refractivity contribution >= 4 is 5.91 Å². The van der Waals surface area contributed by atoms with Gasteiger partial charge in [-0.2, -0.15) is 5.26 Å². The molecule has 0 saturated heterocycles. The molecule has 0 aliphatic rings. The average Bonchev–Trinajstić information content (AvgIpc) is 2.04. The maximum absolute atomic E-state index is 11.6. The maximum Gasteiger partial charge on any atom is 0.225 e. The summed E-state index contributed by atoms with van der Waals surface area (Å²) >= 11 is 0. The summed E-state index contributed by atoms with van der Waals surface area (Å²) < 4.78 is 0. The van der Waals surface area contributed by atoms with Crippen molar-refractivity contribution in [2.45, 2.75) is 46.6 Å². The van der Waals surface area contributed by atoms with Gasteiger partial charge >= 0.3 is 0 Å². The zero-order valence-corrected chi connectivity index (χ0v) is 8.85. The molecule has 0 spiro atoms. The second-order valence-electron chi connectivity index (χ2n) is 3.97. The molecule has 3 heteroatoms. The van der Waals surface area contributed by atoms with Gasteiger partial charge in [-0.1, -0.05) is 20.8 Å². The Kier molecular flexibility index (Phi) is 4.47. The van der Waals surface area contributed by atoms with Crippen molar-refractivity contribution in [1.82, 2.24) is 5.32 Å². The average molecular weight is 182 g/mol. The topological polar surface area (TPSA) is 52.9 Å². The fourth-order valence-electron chi connectivity index (χ4n) is 0.768. The van der Waals surface area contributed by atoms with Crippen LogP contribution in [-0.2, 0) is 4.79 Å². The van der Waals surface area contributed by atoms with E-state index in [0.29, 0.717) is 6.42 Å². The molecule has 0 bridgehead atoms. The van der Waals surface area contributed by atoms with Crippen LogP contribution in [0.15, 0.2) is 0 Å². The summed E-state index contributed by atoms with van der Waals surface area (Å²) in [4.78, 5) is 11.6. The lowest BCUT2D eigenvalue weighted by atomic mass is 9.89. The lowest BCUT2D eigenvalue weighted by Gasteiger charge is -2.23. The van der Waals surface area contributed by atoms with Crippen LogP contribution >= 0.6 is 0 Å². The van der Waals surface area contributed by atoms with Gasteiger partial charge in [0, 0.05) is 11.5 Å². The van der Waals surface area contributed by atoms with Crippen LogP contribution in [0.5, 0.6) is 0 Å². The van der Waals surface area contributed by atoms with E-state index in [1.165, 1.54) is 0 Å². The Balaban J connectivity index is 4.09. The number of carbonyl (C=O) groups excluding carboxylic acids is 1. The Labute approximate surface area is 80.1 Å². The molecule has 0 rings (SSSR count). The van der Waals surface area contributed by atoms with E-state index >= 15 is 0 Å². The third-order valence-corrected chi connectivity index (χ3v) is 2.27. The summed E-state index contributed by atoms with van der Waals surface area (Å²) in [5.74, 6) is 0.0257. The van der Waals surface area contributed by atoms with Crippen LogP contribution in [0.3, 0.4) is 0 Å². The van der Waals surface area contributed by atoms with Crippen LogP contribution in [0.2, 0.25) is 0 Å². The van der Waals surface area contributed by atoms with Gasteiger partial charge in [-0.25, -0.2) is 0 Å². The summed E-state index contributed by atoms with van der Waals surface area (Å²) in [5, 5.41) is 11.2. The fourth-order valence-corrected chi connectivity index (χ4v) is 0.768. The van der Waals surface area contributed by atoms with Gasteiger partial charge in [0.25, 0.3) is 0 Å². The Morgan fingerprint density at radius 2 is 2.15 bits per heavy atom. The Morgan fingerprint density at radius 3 is 2.54 bits per heavy atom. The van der Waals surface area contributed by atoms with E-state index < -0.39 is 0 Å². The molecule has 13 heavy (non-hydrogen) atoms. The minimum absolute atomic E-state index is 0.0257. The van der Waals surface area contributed by atoms with Gasteiger partial charge in [0.15, 0.2) is 0 Å². The zero-order valence-electron chi connectivity index (χ0n) is 8.85. The van der Waals surface area contributed by atoms with E-state index in [0.717, 1.165) is 6.42 Å². The highest BCUT2D eigenvalue weighted by Crippen LogP contribution is 2.19. The molecular weight excluding hydrogens is 164 g/mol. The van der Waals surface area contributed by atoms with Crippen LogP contribution in [-0.4, -0.2) is 11.9 Å². The Hall–Kier alpha value is -1.04. The fraction of sp³-hybridized carbons (Fsp3) is 0.800. The lowest BCUT2D eigenvalue weighted by molar-refractivity contribution is -0.130. The van der Waals surface area contributed by atoms with Gasteiger partial charge in [-0.05, 0) is 13.3 Å². The smallest absolute Gasteiger partial charge is 0.225 e. The molecule has 1 N–H and O–H groups in total. The Morgan fingerprint density at radius 1 is 1.62 bits per heavy atom. The van der Waals surface area contributed by atoms with E-state index in [1.54, 1.807) is 0 Å². The summed E-state index contributed by atoms with van der Waals surface area (Å²) in [5.41, 5.74) is -0.330. The largest absolute Gasteiger partial charge is 0.352 e. The monoisotopic (exact) mass is 182 g/mol. The van der Waals surface area contributed by atoms with Crippen molar-refractivity contribution in [2.75, 3.05) is 0 Å². The molecule has 0 fully saturated rings. The van der Waals surface area contributed by atoms with Crippen molar-refractivity contribution in [3.63, 3.8) is 0 Å². The van der Waals surface area contributed by atoms with Crippen molar-refractivity contribution in [1.29, 1.82) is 5.26 Å². The normalized spacial score (nSPS) is 13.2. The lowest BCUT2D eigenvalue weighted by Crippen LogP contribution is -2.41. The number of hydrogen-bond acceptors (Lipinski definition) is 2. The molecular formula is C10H18N2O. The molecule has 1 atom stereocenters. The van der Waals surface area contributed by atoms with Crippen molar-refractivity contribution in [2.24, 2.45) is 5.41 Å². The van der Waals surface area contributed by atoms with Crippen LogP contribution in [0, 0.1) is 16.7 Å². The molecule has 0 aliphatic carbocycles. The number of carbonyl (C=O) groups is 1. The second kappa shape index (κ2) is 4.86. The zero-order chi connectivity index (χ0) is 10.5. The molecule has 74 valence electrons. The van der Waals surface area contributed by atoms with Gasteiger partial charge in [-0.3, -0.25) is 4.79 Å². The van der Waals surface area contributed by atoms with E-state index in [-0.39, 0.29) is 17.4 Å². The standard InChI is InChI=1S/C10H18N2O/c1-5-10(3,4)9(13)12-8(2)6-7-11/h8H,5-6H2,1-4H3,(H,12,13). The Bertz CT molecular complexity index is 215. The van der Waals surface area contributed by atoms with Crippen LogP contribution in [0.1, 0.15) is 40.5 Å². The number of nitrogens with one attached hydrogen (secondary N) is 1. The third-order valence-electron chi connectivity index (χ3n) is 2.27. The molecule has 1 amide bonds. The summed E-state index contributed by atoms with van der Waals surface area (Å²) in [6, 6.07) is 1.98. The van der Waals surface area contributed by atoms with E-state index in [2.05, 4.69) is 5.32 Å². The molecule has 1 unspecified atom stereocenters. The molecule has 0 aliphatic heterocycles. The first-order valence-electron chi connectivity index (χ1n) is 4.62. The van der Waals surface area contributed by atoms with Crippen LogP contribution < -0.4 is 5.32 Å². The predicted molar refractivity (Wildman–Crippen MR) is 51.9 cm³/mol. The molecule has 0 aromatic heterocycles. The number of nitrogens with zero attached hydrogens (tertiary/aromatic N) is 1. The summed E-state index contributed by atoms with van der Waals surface area (Å²) in [6.45, 7) is 7.63. The van der Waals surface area contributed by atoms with Crippen molar-refractivity contribution in [3.8, 4) is 6.07 Å². The van der Waals surface area contributed by atoms with Gasteiger partial charge < -0.3 is 5.32 Å². The number of hydrogen-bond donors (Lipinski definition) is 1. The number of amides is 1. The van der Waals surface area contributed by atoms with E-state index in [1.807, 2.05) is 33.8 Å². The SMILES string of the molecule is CCC(C)(C)C(=O)NC(C)CC#N. The van der Waals surface area contributed by atoms with E-state index in [4.69, 9.17) is 5.26 Å². The van der Waals surface area contributed by atoms with Crippen LogP contribution in [0.25, 0.3) is 0 Å². The van der Waals surface area contributed by atoms with Gasteiger partial charge in [0.1, 0.15) is 0 Å². The highest BCUT2D eigenvalue weighted by molar-refractivity contribution is 5.81. The molecule has 0 saturated carbocycles. The first-order chi connectivity index (χ1) is 5.94. The number of nitriles is 1. The van der Waals surface area contributed by atoms with Gasteiger partial charge in [0.2, 0.25) is 5.91 Å². The third kappa shape index (κ3) is 3.93. The molecule has 0 aromatic carbocycles. The molecule has 0 aromatic rings. The summed E-state index contributed by atoms with van der Waals surface area (Å²) in [7, 11) is 0. The quantitative estimate of drug-likeness (QED) is 0.721. The second-order valence-corrected chi connectivity index (χ2v) is 3.97. The number of rotatable bonds is 4. The van der Waals surface area contributed by atoms with Crippen LogP contribution in [0.4, 0.5) is 0 Å². The van der Waals surface area contributed by atoms with E-state index in [9.17, 15) is 4.79 Å². The summed E-state index contributed by atoms with van der Waals surface area (Å²) in [6.07, 6.45) is 1.17.